The summed E-state index contributed by atoms with van der Waals surface area (Å²) in [6, 6.07) is 32.4. The Morgan fingerprint density at radius 3 is 1.23 bits per heavy atom. The summed E-state index contributed by atoms with van der Waals surface area (Å²) in [5.41, 5.74) is 5.19. The number of carbonyl (C=O) groups is 4. The third-order valence-electron chi connectivity index (χ3n) is 7.54. The molecule has 0 heterocycles. The van der Waals surface area contributed by atoms with Crippen LogP contribution in [0.15, 0.2) is 109 Å². The highest BCUT2D eigenvalue weighted by molar-refractivity contribution is 8.76. The average Bonchev–Trinajstić information content (AvgIpc) is 3.10. The molecule has 10 heteroatoms. The predicted molar refractivity (Wildman–Crippen MR) is 196 cm³/mol. The van der Waals surface area contributed by atoms with Crippen LogP contribution in [0.1, 0.15) is 43.0 Å². The molecule has 4 aromatic carbocycles. The van der Waals surface area contributed by atoms with Crippen molar-refractivity contribution in [3.63, 3.8) is 0 Å². The zero-order valence-electron chi connectivity index (χ0n) is 27.2. The molecule has 8 nitrogen and oxygen atoms in total. The van der Waals surface area contributed by atoms with E-state index in [0.717, 1.165) is 22.3 Å². The van der Waals surface area contributed by atoms with Gasteiger partial charge in [-0.25, -0.2) is 0 Å². The first-order valence-corrected chi connectivity index (χ1v) is 18.4. The molecular weight excluding hydrogens is 641 g/mol. The lowest BCUT2D eigenvalue weighted by molar-refractivity contribution is -0.123. The quantitative estimate of drug-likeness (QED) is 0.0888. The number of aryl methyl sites for hydroxylation is 2. The van der Waals surface area contributed by atoms with E-state index in [1.165, 1.54) is 21.6 Å². The predicted octanol–water partition coefficient (Wildman–Crippen LogP) is 5.30. The monoisotopic (exact) mass is 682 g/mol. The van der Waals surface area contributed by atoms with Crippen LogP contribution in [0.25, 0.3) is 0 Å². The summed E-state index contributed by atoms with van der Waals surface area (Å²) >= 11 is 0. The minimum Gasteiger partial charge on any atom is -0.354 e. The molecule has 4 N–H and O–H groups in total. The normalized spacial score (nSPS) is 12.0. The molecule has 250 valence electrons. The van der Waals surface area contributed by atoms with Crippen molar-refractivity contribution in [2.24, 2.45) is 0 Å². The minimum absolute atomic E-state index is 0.258. The van der Waals surface area contributed by atoms with E-state index in [4.69, 9.17) is 0 Å². The van der Waals surface area contributed by atoms with Gasteiger partial charge in [-0.3, -0.25) is 19.2 Å². The molecule has 0 aliphatic rings. The standard InChI is InChI=1S/C38H42N4O4S2/c1-27-13-17-31(18-14-27)35(43)41-33(37(45)39-23-21-29-9-5-3-6-10-29)25-47-48-26-34(42-36(44)32-19-15-28(2)16-20-32)38(46)40-24-22-30-11-7-4-8-12-30/h3-20,33-34H,21-26H2,1-2H3,(H,39,45)(H,40,46)(H,41,43)(H,42,44). The first-order chi connectivity index (χ1) is 23.3. The van der Waals surface area contributed by atoms with Gasteiger partial charge in [-0.1, -0.05) is 118 Å². The Morgan fingerprint density at radius 1 is 0.521 bits per heavy atom. The highest BCUT2D eigenvalue weighted by Gasteiger charge is 2.24. The molecule has 0 saturated heterocycles. The second kappa shape index (κ2) is 19.3. The van der Waals surface area contributed by atoms with E-state index in [-0.39, 0.29) is 35.1 Å². The third kappa shape index (κ3) is 12.2. The lowest BCUT2D eigenvalue weighted by Crippen LogP contribution is -2.49. The first-order valence-electron chi connectivity index (χ1n) is 15.9. The highest BCUT2D eigenvalue weighted by atomic mass is 33.1. The van der Waals surface area contributed by atoms with Crippen LogP contribution in [-0.4, -0.2) is 60.3 Å². The van der Waals surface area contributed by atoms with Crippen LogP contribution in [0.5, 0.6) is 0 Å². The SMILES string of the molecule is Cc1ccc(C(=O)NC(CSSCC(NC(=O)c2ccc(C)cc2)C(=O)NCCc2ccccc2)C(=O)NCCc2ccccc2)cc1. The smallest absolute Gasteiger partial charge is 0.251 e. The molecule has 2 unspecified atom stereocenters. The lowest BCUT2D eigenvalue weighted by atomic mass is 10.1. The molecule has 4 aromatic rings. The maximum absolute atomic E-state index is 13.3. The van der Waals surface area contributed by atoms with Crippen LogP contribution in [0.4, 0.5) is 0 Å². The molecule has 4 amide bonds. The molecule has 0 fully saturated rings. The number of rotatable bonds is 17. The topological polar surface area (TPSA) is 116 Å². The Labute approximate surface area is 290 Å². The van der Waals surface area contributed by atoms with Crippen LogP contribution in [0.2, 0.25) is 0 Å². The summed E-state index contributed by atoms with van der Waals surface area (Å²) in [5, 5.41) is 11.7. The molecule has 0 bridgehead atoms. The minimum atomic E-state index is -0.813. The lowest BCUT2D eigenvalue weighted by Gasteiger charge is -2.20. The second-order valence-corrected chi connectivity index (χ2v) is 14.0. The summed E-state index contributed by atoms with van der Waals surface area (Å²) in [6.07, 6.45) is 1.32. The molecule has 0 spiro atoms. The van der Waals surface area contributed by atoms with Crippen LogP contribution in [0, 0.1) is 13.8 Å². The van der Waals surface area contributed by atoms with Crippen molar-refractivity contribution in [2.75, 3.05) is 24.6 Å². The van der Waals surface area contributed by atoms with Gasteiger partial charge in [0.1, 0.15) is 12.1 Å². The third-order valence-corrected chi connectivity index (χ3v) is 9.96. The fourth-order valence-corrected chi connectivity index (χ4v) is 7.01. The van der Waals surface area contributed by atoms with Gasteiger partial charge in [-0.05, 0) is 62.1 Å². The van der Waals surface area contributed by atoms with Crippen molar-refractivity contribution in [1.29, 1.82) is 0 Å². The fourth-order valence-electron chi connectivity index (χ4n) is 4.69. The van der Waals surface area contributed by atoms with Crippen molar-refractivity contribution in [1.82, 2.24) is 21.3 Å². The van der Waals surface area contributed by atoms with Crippen LogP contribution >= 0.6 is 21.6 Å². The molecule has 0 aliphatic carbocycles. The van der Waals surface area contributed by atoms with Crippen molar-refractivity contribution >= 4 is 45.2 Å². The largest absolute Gasteiger partial charge is 0.354 e. The molecule has 48 heavy (non-hydrogen) atoms. The van der Waals surface area contributed by atoms with Crippen molar-refractivity contribution in [2.45, 2.75) is 38.8 Å². The van der Waals surface area contributed by atoms with Gasteiger partial charge >= 0.3 is 0 Å². The Morgan fingerprint density at radius 2 is 0.875 bits per heavy atom. The summed E-state index contributed by atoms with van der Waals surface area (Å²) < 4.78 is 0. The Bertz CT molecular complexity index is 1500. The van der Waals surface area contributed by atoms with E-state index >= 15 is 0 Å². The van der Waals surface area contributed by atoms with Crippen LogP contribution < -0.4 is 21.3 Å². The van der Waals surface area contributed by atoms with E-state index in [2.05, 4.69) is 21.3 Å². The number of amides is 4. The van der Waals surface area contributed by atoms with Gasteiger partial charge in [0.15, 0.2) is 0 Å². The molecular formula is C38H42N4O4S2. The number of nitrogens with one attached hydrogen (secondary N) is 4. The zero-order chi connectivity index (χ0) is 34.1. The second-order valence-electron chi connectivity index (χ2n) is 11.4. The molecule has 0 saturated carbocycles. The van der Waals surface area contributed by atoms with E-state index in [0.29, 0.717) is 37.1 Å². The first kappa shape index (κ1) is 36.3. The molecule has 4 rings (SSSR count). The number of hydrogen-bond acceptors (Lipinski definition) is 6. The maximum atomic E-state index is 13.3. The Balaban J connectivity index is 1.36. The van der Waals surface area contributed by atoms with E-state index in [1.54, 1.807) is 24.3 Å². The molecule has 0 aromatic heterocycles. The van der Waals surface area contributed by atoms with E-state index in [1.807, 2.05) is 98.8 Å². The van der Waals surface area contributed by atoms with Crippen molar-refractivity contribution < 1.29 is 19.2 Å². The van der Waals surface area contributed by atoms with E-state index in [9.17, 15) is 19.2 Å². The number of benzene rings is 4. The molecule has 0 radical (unpaired) electrons. The zero-order valence-corrected chi connectivity index (χ0v) is 28.9. The van der Waals surface area contributed by atoms with Crippen LogP contribution in [0.3, 0.4) is 0 Å². The summed E-state index contributed by atoms with van der Waals surface area (Å²) in [6.45, 7) is 4.73. The molecule has 2 atom stereocenters. The van der Waals surface area contributed by atoms with E-state index < -0.39 is 12.1 Å². The number of carbonyl (C=O) groups excluding carboxylic acids is 4. The summed E-state index contributed by atoms with van der Waals surface area (Å²) in [5.74, 6) is -0.749. The summed E-state index contributed by atoms with van der Waals surface area (Å²) in [7, 11) is 2.72. The maximum Gasteiger partial charge on any atom is 0.251 e. The average molecular weight is 683 g/mol. The van der Waals surface area contributed by atoms with Crippen molar-refractivity contribution in [3.05, 3.63) is 143 Å². The van der Waals surface area contributed by atoms with Gasteiger partial charge in [0.2, 0.25) is 11.8 Å². The van der Waals surface area contributed by atoms with Crippen LogP contribution in [-0.2, 0) is 22.4 Å². The Kier molecular flexibility index (Phi) is 14.6. The van der Waals surface area contributed by atoms with Crippen molar-refractivity contribution in [3.8, 4) is 0 Å². The van der Waals surface area contributed by atoms with Gasteiger partial charge < -0.3 is 21.3 Å². The van der Waals surface area contributed by atoms with Gasteiger partial charge in [-0.15, -0.1) is 0 Å². The van der Waals surface area contributed by atoms with Gasteiger partial charge in [0.25, 0.3) is 11.8 Å². The summed E-state index contributed by atoms with van der Waals surface area (Å²) in [4.78, 5) is 52.7. The fraction of sp³-hybridized carbons (Fsp3) is 0.263. The Hall–Kier alpha value is -4.54. The van der Waals surface area contributed by atoms with Gasteiger partial charge in [-0.2, -0.15) is 0 Å². The van der Waals surface area contributed by atoms with Gasteiger partial charge in [0.05, 0.1) is 0 Å². The number of hydrogen-bond donors (Lipinski definition) is 4. The molecule has 0 aliphatic heterocycles. The highest BCUT2D eigenvalue weighted by Crippen LogP contribution is 2.24. The van der Waals surface area contributed by atoms with Gasteiger partial charge in [0, 0.05) is 35.7 Å².